The van der Waals surface area contributed by atoms with Crippen molar-refractivity contribution < 1.29 is 23.8 Å². The highest BCUT2D eigenvalue weighted by atomic mass is 35.5. The molecule has 3 aromatic carbocycles. The first-order chi connectivity index (χ1) is 26.5. The van der Waals surface area contributed by atoms with E-state index in [1.807, 2.05) is 43.1 Å². The molecule has 2 heterocycles. The number of rotatable bonds is 9. The van der Waals surface area contributed by atoms with Crippen LogP contribution in [0.4, 0.5) is 0 Å². The van der Waals surface area contributed by atoms with Crippen LogP contribution in [-0.4, -0.2) is 51.4 Å². The van der Waals surface area contributed by atoms with Crippen LogP contribution in [-0.2, 0) is 38.6 Å². The molecule has 10 nitrogen and oxygen atoms in total. The Balaban J connectivity index is 1.01. The first-order valence-electron chi connectivity index (χ1n) is 18.2. The fourth-order valence-electron chi connectivity index (χ4n) is 7.89. The topological polar surface area (TPSA) is 121 Å². The zero-order valence-electron chi connectivity index (χ0n) is 31.5. The number of ether oxygens (including phenoxy) is 3. The molecular formula is C44H42ClN5O5. The number of aromatic nitrogens is 4. The van der Waals surface area contributed by atoms with Crippen molar-refractivity contribution in [1.82, 2.24) is 19.1 Å². The maximum absolute atomic E-state index is 12.7. The van der Waals surface area contributed by atoms with E-state index in [1.165, 1.54) is 14.2 Å². The van der Waals surface area contributed by atoms with E-state index in [2.05, 4.69) is 66.2 Å². The van der Waals surface area contributed by atoms with E-state index in [4.69, 9.17) is 41.0 Å². The second-order valence-corrected chi connectivity index (χ2v) is 14.8. The zero-order chi connectivity index (χ0) is 38.9. The first-order valence-corrected chi connectivity index (χ1v) is 18.6. The maximum Gasteiger partial charge on any atom is 0.338 e. The lowest BCUT2D eigenvalue weighted by Gasteiger charge is -2.30. The Morgan fingerprint density at radius 2 is 1.40 bits per heavy atom. The Morgan fingerprint density at radius 3 is 1.98 bits per heavy atom. The number of carbonyl (C=O) groups excluding carboxylic acids is 2. The van der Waals surface area contributed by atoms with Crippen molar-refractivity contribution in [3.8, 4) is 45.5 Å². The van der Waals surface area contributed by atoms with Crippen LogP contribution < -0.4 is 4.74 Å². The number of imidazole rings is 2. The molecule has 55 heavy (non-hydrogen) atoms. The van der Waals surface area contributed by atoms with E-state index in [1.54, 1.807) is 18.2 Å². The average Bonchev–Trinajstić information content (AvgIpc) is 3.80. The summed E-state index contributed by atoms with van der Waals surface area (Å²) in [5.74, 6) is 1.76. The predicted molar refractivity (Wildman–Crippen MR) is 210 cm³/mol. The molecule has 0 bridgehead atoms. The molecule has 11 heteroatoms. The number of nitriles is 1. The smallest absolute Gasteiger partial charge is 0.338 e. The van der Waals surface area contributed by atoms with Crippen LogP contribution in [0.2, 0.25) is 5.02 Å². The van der Waals surface area contributed by atoms with E-state index < -0.39 is 17.4 Å². The van der Waals surface area contributed by atoms with Gasteiger partial charge in [-0.3, -0.25) is 0 Å². The summed E-state index contributed by atoms with van der Waals surface area (Å²) >= 11 is 6.20. The molecule has 2 aliphatic rings. The molecule has 7 rings (SSSR count). The minimum absolute atomic E-state index is 0.107. The number of hydrogen-bond acceptors (Lipinski definition) is 8. The standard InChI is InChI=1S/C44H42ClN5O5/c1-44(21-20-35(41(51)53-4)36(23-44)42(52)54-5)43-48-26-39(50(43)3)30-12-8-28(9-13-30)27-6-10-29(11-7-27)38-25-47-40(49(38)2)31-14-17-33(18-15-31)55-34-19-16-32(24-46)37(45)22-34/h6-13,16,19-22,25-26,31,33H,14-15,17-18,23H2,1-5H3. The van der Waals surface area contributed by atoms with Gasteiger partial charge in [-0.1, -0.05) is 72.3 Å². The largest absolute Gasteiger partial charge is 0.490 e. The number of carbonyl (C=O) groups is 2. The third kappa shape index (κ3) is 7.32. The average molecular weight is 756 g/mol. The lowest BCUT2D eigenvalue weighted by molar-refractivity contribution is -0.139. The Labute approximate surface area is 325 Å². The third-order valence-electron chi connectivity index (χ3n) is 10.9. The van der Waals surface area contributed by atoms with Gasteiger partial charge >= 0.3 is 11.9 Å². The second-order valence-electron chi connectivity index (χ2n) is 14.4. The number of methoxy groups -OCH3 is 2. The number of esters is 2. The van der Waals surface area contributed by atoms with Gasteiger partial charge in [0.1, 0.15) is 23.5 Å². The lowest BCUT2D eigenvalue weighted by Crippen LogP contribution is -2.30. The highest BCUT2D eigenvalue weighted by Gasteiger charge is 2.38. The number of hydrogen-bond donors (Lipinski definition) is 0. The molecule has 0 N–H and O–H groups in total. The van der Waals surface area contributed by atoms with Gasteiger partial charge in [0, 0.05) is 31.5 Å². The minimum atomic E-state index is -0.650. The van der Waals surface area contributed by atoms with Crippen molar-refractivity contribution in [2.45, 2.75) is 56.5 Å². The summed E-state index contributed by atoms with van der Waals surface area (Å²) in [6.45, 7) is 1.99. The molecule has 2 aromatic heterocycles. The second kappa shape index (κ2) is 15.4. The number of benzene rings is 3. The van der Waals surface area contributed by atoms with E-state index in [-0.39, 0.29) is 23.7 Å². The Bertz CT molecular complexity index is 2360. The molecule has 0 radical (unpaired) electrons. The van der Waals surface area contributed by atoms with Crippen LogP contribution >= 0.6 is 11.6 Å². The van der Waals surface area contributed by atoms with E-state index in [0.717, 1.165) is 71.0 Å². The molecule has 0 saturated heterocycles. The molecule has 0 aliphatic heterocycles. The highest BCUT2D eigenvalue weighted by Crippen LogP contribution is 2.40. The molecule has 1 fully saturated rings. The molecule has 2 aliphatic carbocycles. The van der Waals surface area contributed by atoms with Gasteiger partial charge in [0.05, 0.1) is 65.8 Å². The molecule has 1 saturated carbocycles. The zero-order valence-corrected chi connectivity index (χ0v) is 32.3. The van der Waals surface area contributed by atoms with Gasteiger partial charge in [0.2, 0.25) is 0 Å². The normalized spacial score (nSPS) is 19.5. The molecule has 0 spiro atoms. The van der Waals surface area contributed by atoms with Gasteiger partial charge in [-0.25, -0.2) is 19.6 Å². The van der Waals surface area contributed by atoms with Crippen LogP contribution in [0.3, 0.4) is 0 Å². The molecular weight excluding hydrogens is 714 g/mol. The van der Waals surface area contributed by atoms with Crippen LogP contribution in [0.1, 0.15) is 62.2 Å². The summed E-state index contributed by atoms with van der Waals surface area (Å²) in [4.78, 5) is 34.7. The van der Waals surface area contributed by atoms with E-state index in [9.17, 15) is 9.59 Å². The van der Waals surface area contributed by atoms with Gasteiger partial charge in [-0.05, 0) is 73.4 Å². The van der Waals surface area contributed by atoms with Crippen molar-refractivity contribution in [3.05, 3.63) is 125 Å². The maximum atomic E-state index is 12.7. The Kier molecular flexibility index (Phi) is 10.5. The van der Waals surface area contributed by atoms with E-state index >= 15 is 0 Å². The molecule has 1 unspecified atom stereocenters. The highest BCUT2D eigenvalue weighted by molar-refractivity contribution is 6.31. The minimum Gasteiger partial charge on any atom is -0.490 e. The van der Waals surface area contributed by atoms with Crippen molar-refractivity contribution >= 4 is 23.5 Å². The molecule has 5 aromatic rings. The van der Waals surface area contributed by atoms with Crippen LogP contribution in [0.5, 0.6) is 5.75 Å². The van der Waals surface area contributed by atoms with Crippen molar-refractivity contribution in [3.63, 3.8) is 0 Å². The van der Waals surface area contributed by atoms with Gasteiger partial charge in [-0.2, -0.15) is 5.26 Å². The van der Waals surface area contributed by atoms with Crippen LogP contribution in [0.25, 0.3) is 33.6 Å². The van der Waals surface area contributed by atoms with Crippen LogP contribution in [0.15, 0.2) is 102 Å². The third-order valence-corrected chi connectivity index (χ3v) is 11.3. The summed E-state index contributed by atoms with van der Waals surface area (Å²) in [6.07, 6.45) is 11.5. The lowest BCUT2D eigenvalue weighted by atomic mass is 9.77. The van der Waals surface area contributed by atoms with Crippen molar-refractivity contribution in [1.29, 1.82) is 5.26 Å². The Morgan fingerprint density at radius 1 is 0.818 bits per heavy atom. The number of nitrogens with zero attached hydrogens (tertiary/aromatic N) is 5. The Hall–Kier alpha value is -5.92. The number of allylic oxidation sites excluding steroid dienone is 1. The summed E-state index contributed by atoms with van der Waals surface area (Å²) in [7, 11) is 6.64. The summed E-state index contributed by atoms with van der Waals surface area (Å²) in [5.41, 5.74) is 6.57. The molecule has 1 atom stereocenters. The monoisotopic (exact) mass is 755 g/mol. The SMILES string of the molecule is COC(=O)C1=C(C(=O)OC)CC(C)(c2ncc(-c3ccc(-c4ccc(-c5cnc(C6CCC(Oc7ccc(C#N)c(Cl)c7)CC6)n5C)cc4)cc3)n2C)C=C1. The van der Waals surface area contributed by atoms with Crippen LogP contribution in [0, 0.1) is 11.3 Å². The molecule has 0 amide bonds. The van der Waals surface area contributed by atoms with E-state index in [0.29, 0.717) is 22.3 Å². The van der Waals surface area contributed by atoms with Gasteiger partial charge in [-0.15, -0.1) is 0 Å². The first kappa shape index (κ1) is 37.4. The van der Waals surface area contributed by atoms with Gasteiger partial charge in [0.25, 0.3) is 0 Å². The molecule has 280 valence electrons. The summed E-state index contributed by atoms with van der Waals surface area (Å²) in [5, 5.41) is 9.56. The quantitative estimate of drug-likeness (QED) is 0.137. The van der Waals surface area contributed by atoms with Crippen molar-refractivity contribution in [2.24, 2.45) is 14.1 Å². The fraction of sp³-hybridized carbons (Fsp3) is 0.295. The number of halogens is 1. The fourth-order valence-corrected chi connectivity index (χ4v) is 8.10. The van der Waals surface area contributed by atoms with Gasteiger partial charge < -0.3 is 23.3 Å². The predicted octanol–water partition coefficient (Wildman–Crippen LogP) is 8.65. The van der Waals surface area contributed by atoms with Gasteiger partial charge in [0.15, 0.2) is 0 Å². The summed E-state index contributed by atoms with van der Waals surface area (Å²) < 4.78 is 20.3. The summed E-state index contributed by atoms with van der Waals surface area (Å²) in [6, 6.07) is 24.3. The van der Waals surface area contributed by atoms with Crippen molar-refractivity contribution in [2.75, 3.05) is 14.2 Å².